The quantitative estimate of drug-likeness (QED) is 0.0169. The van der Waals surface area contributed by atoms with E-state index < -0.39 is 86.5 Å². The molecule has 0 spiro atoms. The molecule has 1 aliphatic heterocycles. The van der Waals surface area contributed by atoms with Crippen molar-refractivity contribution in [1.82, 2.24) is 19.9 Å². The monoisotopic (exact) mass is 1090 g/mol. The van der Waals surface area contributed by atoms with Gasteiger partial charge in [-0.1, -0.05) is 5.16 Å². The molecule has 412 valence electrons. The Morgan fingerprint density at radius 2 is 1.42 bits per heavy atom. The summed E-state index contributed by atoms with van der Waals surface area (Å²) in [7, 11) is -6.09. The predicted molar refractivity (Wildman–Crippen MR) is 257 cm³/mol. The third-order valence-corrected chi connectivity index (χ3v) is 10.1. The summed E-state index contributed by atoms with van der Waals surface area (Å²) in [6.07, 6.45) is 0.939. The number of nitrogens with zero attached hydrogens (tertiary/aromatic N) is 5. The van der Waals surface area contributed by atoms with Crippen LogP contribution >= 0.6 is 11.3 Å². The number of amides is 4. The Morgan fingerprint density at radius 3 is 1.95 bits per heavy atom. The molecule has 4 amide bonds. The van der Waals surface area contributed by atoms with Gasteiger partial charge in [-0.15, -0.1) is 16.0 Å². The van der Waals surface area contributed by atoms with Crippen LogP contribution in [0.2, 0.25) is 0 Å². The van der Waals surface area contributed by atoms with Gasteiger partial charge >= 0.3 is 35.7 Å². The molecule has 4 N–H and O–H groups in total. The number of rotatable bonds is 17. The fourth-order valence-electron chi connectivity index (χ4n) is 5.82. The average molecular weight is 1090 g/mol. The molecule has 0 radical (unpaired) electrons. The van der Waals surface area contributed by atoms with Crippen molar-refractivity contribution in [3.05, 3.63) is 53.3 Å². The number of likely N-dealkylation sites (tertiary alicyclic amines) is 1. The first kappa shape index (κ1) is 61.5. The Bertz CT molecular complexity index is 2590. The summed E-state index contributed by atoms with van der Waals surface area (Å²) in [4.78, 5) is 86.9. The molecular weight excluding hydrogens is 1030 g/mol. The van der Waals surface area contributed by atoms with Gasteiger partial charge in [0.25, 0.3) is 12.0 Å². The van der Waals surface area contributed by atoms with E-state index in [4.69, 9.17) is 41.5 Å². The number of aryl methyl sites for hydroxylation is 1. The highest BCUT2D eigenvalue weighted by Gasteiger charge is 2.38. The predicted octanol–water partition coefficient (Wildman–Crippen LogP) is 6.26. The highest BCUT2D eigenvalue weighted by atomic mass is 32.2. The Hall–Kier alpha value is -6.75. The number of oxime groups is 1. The molecule has 3 aromatic rings. The van der Waals surface area contributed by atoms with Gasteiger partial charge in [0, 0.05) is 30.6 Å². The third-order valence-electron chi connectivity index (χ3n) is 8.75. The Kier molecular flexibility index (Phi) is 20.8. The van der Waals surface area contributed by atoms with Crippen molar-refractivity contribution in [2.45, 2.75) is 137 Å². The average Bonchev–Trinajstić information content (AvgIpc) is 3.81. The van der Waals surface area contributed by atoms with Gasteiger partial charge in [0.05, 0.1) is 18.7 Å². The third kappa shape index (κ3) is 22.2. The molecule has 0 bridgehead atoms. The van der Waals surface area contributed by atoms with E-state index in [1.165, 1.54) is 29.6 Å². The fraction of sp³-hybridized carbons (Fsp3) is 0.578. The normalized spacial score (nSPS) is 14.0. The van der Waals surface area contributed by atoms with Gasteiger partial charge in [0.1, 0.15) is 46.1 Å². The van der Waals surface area contributed by atoms with Crippen LogP contribution in [0.5, 0.6) is 5.75 Å². The van der Waals surface area contributed by atoms with E-state index in [1.807, 2.05) is 30.1 Å². The molecule has 0 aliphatic carbocycles. The van der Waals surface area contributed by atoms with Crippen LogP contribution in [-0.4, -0.2) is 135 Å². The van der Waals surface area contributed by atoms with Crippen LogP contribution in [0, 0.1) is 5.92 Å². The highest BCUT2D eigenvalue weighted by Crippen LogP contribution is 2.23. The van der Waals surface area contributed by atoms with E-state index in [2.05, 4.69) is 26.1 Å². The molecule has 1 atom stereocenters. The summed E-state index contributed by atoms with van der Waals surface area (Å²) in [5, 5.41) is 23.1. The number of alkyl carbamates (subject to hydrolysis) is 1. The molecule has 1 aromatic carbocycles. The summed E-state index contributed by atoms with van der Waals surface area (Å²) in [6, 6.07) is 6.06. The maximum Gasteiger partial charge on any atom is 0.485 e. The summed E-state index contributed by atoms with van der Waals surface area (Å²) < 4.78 is 90.1. The number of halogens is 3. The molecule has 1 aliphatic rings. The second-order valence-electron chi connectivity index (χ2n) is 20.3. The summed E-state index contributed by atoms with van der Waals surface area (Å²) >= 11 is 0.924. The number of hydrogen-bond donors (Lipinski definition) is 4. The molecule has 29 heteroatoms. The van der Waals surface area contributed by atoms with Gasteiger partial charge in [0.2, 0.25) is 11.9 Å². The number of aliphatic carboxylic acids is 1. The van der Waals surface area contributed by atoms with E-state index in [0.717, 1.165) is 11.3 Å². The minimum Gasteiger partial charge on any atom is -0.741 e. The highest BCUT2D eigenvalue weighted by molar-refractivity contribution is 7.86. The summed E-state index contributed by atoms with van der Waals surface area (Å²) in [5.41, 5.74) is -8.61. The lowest BCUT2D eigenvalue weighted by molar-refractivity contribution is -0.781. The second kappa shape index (κ2) is 25.0. The molecular formula is C45H63F3N8O16S2. The van der Waals surface area contributed by atoms with Crippen LogP contribution in [-0.2, 0) is 56.6 Å². The second-order valence-corrected chi connectivity index (χ2v) is 22.5. The maximum atomic E-state index is 13.5. The van der Waals surface area contributed by atoms with Crippen LogP contribution in [0.3, 0.4) is 0 Å². The van der Waals surface area contributed by atoms with E-state index in [0.29, 0.717) is 44.8 Å². The van der Waals surface area contributed by atoms with Crippen molar-refractivity contribution in [3.8, 4) is 5.75 Å². The van der Waals surface area contributed by atoms with Crippen molar-refractivity contribution in [2.75, 3.05) is 36.9 Å². The number of carboxylic acid groups (broad SMARTS) is 1. The first-order valence-corrected chi connectivity index (χ1v) is 24.8. The van der Waals surface area contributed by atoms with Crippen molar-refractivity contribution in [1.29, 1.82) is 0 Å². The van der Waals surface area contributed by atoms with Gasteiger partial charge in [-0.25, -0.2) is 37.4 Å². The van der Waals surface area contributed by atoms with Crippen LogP contribution in [0.15, 0.2) is 47.2 Å². The Morgan fingerprint density at radius 1 is 0.865 bits per heavy atom. The van der Waals surface area contributed by atoms with Crippen molar-refractivity contribution >= 4 is 74.1 Å². The molecule has 4 rings (SSSR count). The zero-order valence-electron chi connectivity index (χ0n) is 42.9. The van der Waals surface area contributed by atoms with Crippen LogP contribution in [0.1, 0.15) is 106 Å². The Labute approximate surface area is 429 Å². The number of thiazole rings is 1. The number of carboxylic acids is 1. The number of anilines is 2. The molecule has 24 nitrogen and oxygen atoms in total. The number of nitrogens with one attached hydrogen (secondary N) is 3. The minimum atomic E-state index is -6.09. The molecule has 3 heterocycles. The zero-order chi connectivity index (χ0) is 56.2. The molecule has 2 aromatic heterocycles. The number of alkyl halides is 3. The maximum absolute atomic E-state index is 13.5. The Balaban J connectivity index is 0.00000166. The van der Waals surface area contributed by atoms with Gasteiger partial charge in [-0.05, 0) is 114 Å². The van der Waals surface area contributed by atoms with Crippen molar-refractivity contribution in [3.63, 3.8) is 0 Å². The van der Waals surface area contributed by atoms with Gasteiger partial charge < -0.3 is 53.7 Å². The zero-order valence-corrected chi connectivity index (χ0v) is 44.5. The van der Waals surface area contributed by atoms with E-state index in [-0.39, 0.29) is 34.1 Å². The van der Waals surface area contributed by atoms with Crippen molar-refractivity contribution in [2.24, 2.45) is 11.1 Å². The molecule has 0 saturated carbocycles. The van der Waals surface area contributed by atoms with Crippen LogP contribution < -0.4 is 25.4 Å². The lowest BCUT2D eigenvalue weighted by Gasteiger charge is -2.38. The van der Waals surface area contributed by atoms with Crippen LogP contribution in [0.25, 0.3) is 0 Å². The molecule has 74 heavy (non-hydrogen) atoms. The number of esters is 1. The molecule has 1 saturated heterocycles. The van der Waals surface area contributed by atoms with Gasteiger partial charge in [-0.3, -0.25) is 10.1 Å². The first-order valence-electron chi connectivity index (χ1n) is 22.5. The van der Waals surface area contributed by atoms with Gasteiger partial charge in [-0.2, -0.15) is 17.9 Å². The summed E-state index contributed by atoms with van der Waals surface area (Å²) in [6.45, 7) is 22.7. The van der Waals surface area contributed by atoms with Gasteiger partial charge in [0.15, 0.2) is 21.8 Å². The number of aromatic nitrogens is 3. The van der Waals surface area contributed by atoms with E-state index in [1.54, 1.807) is 79.6 Å². The summed E-state index contributed by atoms with van der Waals surface area (Å²) in [5.74, 6) is -2.45. The lowest BCUT2D eigenvalue weighted by atomic mass is 10.0. The topological polar surface area (TPSA) is 309 Å². The van der Waals surface area contributed by atoms with Crippen LogP contribution in [0.4, 0.5) is 38.4 Å². The number of hydrogen-bond acceptors (Lipinski definition) is 18. The number of carbonyl (C=O) groups excluding carboxylic acids is 5. The number of benzene rings is 1. The first-order chi connectivity index (χ1) is 33.8. The lowest BCUT2D eigenvalue weighted by Crippen LogP contribution is -2.58. The fourth-order valence-corrected chi connectivity index (χ4v) is 6.50. The standard InChI is InChI=1S/C44H62N8O13S.CHF3O3S/c1-41(2,3)61-36(56)32(65-49-33(35(54)55)31-26-66-37(47-31)48-39(58)63-43(7,8)9)25-60-30-16-14-28(15-17-30)34(53)46-29-23-51(19-13-18-45-38(57)62-42(4,5)6)52(24-29)22-27-20-50(21-27)40(59)64-44(10,11)12;2-1(3,4)8(5,6)7/h14-17,23-24,26-27,32H,13,18-22,25H2,1-12H3,(H3-,45,46,47,48,53,54,55,57,58);(H,5,6,7)/b49-33-;/t32-;/m0./s1. The minimum absolute atomic E-state index is 0.0412. The molecule has 0 unspecified atom stereocenters. The number of ether oxygens (including phenoxy) is 5. The largest absolute Gasteiger partial charge is 0.741 e. The SMILES string of the molecule is CC(C)(C)OC(=O)NCCCn1cc(NC(=O)c2ccc(OC[C@H](O/N=C(\C(=O)O)c3csc(NC(=O)OC(C)(C)C)n3)C(=O)OC(C)(C)C)cc2)c[n+]1CC1CN(C(=O)OC(C)(C)C)C1.O=S(=O)([O-])C(F)(F)F. The van der Waals surface area contributed by atoms with E-state index >= 15 is 0 Å². The molecule has 1 fully saturated rings. The van der Waals surface area contributed by atoms with Crippen molar-refractivity contribution < 1.29 is 93.2 Å². The van der Waals surface area contributed by atoms with E-state index in [9.17, 15) is 47.0 Å². The number of carbonyl (C=O) groups is 6. The smallest absolute Gasteiger partial charge is 0.485 e.